The van der Waals surface area contributed by atoms with E-state index in [1.807, 2.05) is 0 Å². The van der Waals surface area contributed by atoms with Crippen LogP contribution in [0.4, 0.5) is 0 Å². The van der Waals surface area contributed by atoms with Crippen LogP contribution in [0, 0.1) is 0 Å². The second-order valence-corrected chi connectivity index (χ2v) is 10.0. The van der Waals surface area contributed by atoms with Gasteiger partial charge in [-0.2, -0.15) is 0 Å². The average Bonchev–Trinajstić information content (AvgIpc) is 2.81. The molecular formula is C24H40O3Zr. The molecule has 0 aromatic rings. The Labute approximate surface area is 189 Å². The Hall–Kier alpha value is -0.537. The van der Waals surface area contributed by atoms with Crippen molar-refractivity contribution in [1.82, 2.24) is 0 Å². The van der Waals surface area contributed by atoms with Gasteiger partial charge in [-0.1, -0.05) is 59.8 Å². The van der Waals surface area contributed by atoms with Crippen molar-refractivity contribution in [3.05, 3.63) is 59.0 Å². The number of allylic oxidation sites excluding steroid dienone is 4. The summed E-state index contributed by atoms with van der Waals surface area (Å²) in [6.45, 7) is 22.4. The van der Waals surface area contributed by atoms with Crippen LogP contribution < -0.4 is 15.3 Å². The van der Waals surface area contributed by atoms with Gasteiger partial charge in [-0.15, -0.1) is 36.5 Å². The van der Waals surface area contributed by atoms with Crippen molar-refractivity contribution < 1.29 is 40.0 Å². The second kappa shape index (κ2) is 16.3. The molecule has 0 aliphatic heterocycles. The van der Waals surface area contributed by atoms with Crippen LogP contribution >= 0.6 is 0 Å². The molecule has 0 unspecified atom stereocenters. The number of hydrogen-bond donors (Lipinski definition) is 0. The summed E-state index contributed by atoms with van der Waals surface area (Å²) in [5.74, 6) is 0. The normalized spacial score (nSPS) is 13.3. The summed E-state index contributed by atoms with van der Waals surface area (Å²) in [4.78, 5) is 0. The van der Waals surface area contributed by atoms with Gasteiger partial charge in [0, 0.05) is 0 Å². The molecule has 1 aliphatic carbocycles. The molecule has 0 saturated heterocycles. The first kappa shape index (κ1) is 32.1. The first-order chi connectivity index (χ1) is 12.5. The van der Waals surface area contributed by atoms with Gasteiger partial charge in [0.25, 0.3) is 0 Å². The van der Waals surface area contributed by atoms with Crippen molar-refractivity contribution in [2.24, 2.45) is 0 Å². The van der Waals surface area contributed by atoms with Gasteiger partial charge in [0.05, 0.1) is 0 Å². The fourth-order valence-corrected chi connectivity index (χ4v) is 2.15. The fraction of sp³-hybridized carbons (Fsp3) is 0.583. The Morgan fingerprint density at radius 1 is 0.821 bits per heavy atom. The first-order valence-electron chi connectivity index (χ1n) is 9.51. The summed E-state index contributed by atoms with van der Waals surface area (Å²) in [5, 5.41) is 31.9. The molecule has 0 heterocycles. The summed E-state index contributed by atoms with van der Waals surface area (Å²) >= 11 is 1.58. The molecule has 0 N–H and O–H groups in total. The zero-order valence-electron chi connectivity index (χ0n) is 19.1. The SMILES string of the molecule is C=CCC(C)(C)[O-].C=CCC(C)(C)[O-].C=CCC(C)(C)[O-].CC1=[C]([Zr+3])CC=C1. The van der Waals surface area contributed by atoms with E-state index in [2.05, 4.69) is 38.8 Å². The average molecular weight is 468 g/mol. The third kappa shape index (κ3) is 33.1. The number of rotatable bonds is 6. The van der Waals surface area contributed by atoms with E-state index in [0.717, 1.165) is 0 Å². The van der Waals surface area contributed by atoms with Crippen LogP contribution in [-0.2, 0) is 24.7 Å². The van der Waals surface area contributed by atoms with Crippen LogP contribution in [0.5, 0.6) is 0 Å². The van der Waals surface area contributed by atoms with Crippen molar-refractivity contribution in [3.8, 4) is 0 Å². The number of hydrogen-bond acceptors (Lipinski definition) is 3. The Balaban J connectivity index is -0.000000298. The standard InChI is InChI=1S/3C6H11O.C6H7.Zr/c3*1-4-5-6(2,3)7;1-6-4-2-3-5-6;/h3*4H,1,5H2,2-3H3;2,4H,3H2,1H3;/q3*-1;;+3. The van der Waals surface area contributed by atoms with Gasteiger partial charge in [0.1, 0.15) is 0 Å². The van der Waals surface area contributed by atoms with Gasteiger partial charge in [0.2, 0.25) is 0 Å². The van der Waals surface area contributed by atoms with Crippen LogP contribution in [0.15, 0.2) is 59.0 Å². The zero-order valence-corrected chi connectivity index (χ0v) is 21.5. The molecule has 0 amide bonds. The molecule has 158 valence electrons. The molecule has 4 heteroatoms. The van der Waals surface area contributed by atoms with Crippen LogP contribution in [0.25, 0.3) is 0 Å². The molecule has 0 atom stereocenters. The molecule has 1 rings (SSSR count). The Morgan fingerprint density at radius 2 is 1.11 bits per heavy atom. The Kier molecular flexibility index (Phi) is 18.7. The first-order valence-corrected chi connectivity index (χ1v) is 10.7. The molecule has 0 aromatic carbocycles. The molecule has 28 heavy (non-hydrogen) atoms. The van der Waals surface area contributed by atoms with Crippen molar-refractivity contribution in [3.63, 3.8) is 0 Å². The van der Waals surface area contributed by atoms with Gasteiger partial charge in [-0.25, -0.2) is 0 Å². The van der Waals surface area contributed by atoms with Crippen molar-refractivity contribution in [1.29, 1.82) is 0 Å². The van der Waals surface area contributed by atoms with E-state index >= 15 is 0 Å². The van der Waals surface area contributed by atoms with E-state index in [1.54, 1.807) is 87.8 Å². The van der Waals surface area contributed by atoms with Crippen molar-refractivity contribution in [2.75, 3.05) is 0 Å². The Morgan fingerprint density at radius 3 is 1.14 bits per heavy atom. The predicted molar refractivity (Wildman–Crippen MR) is 113 cm³/mol. The maximum absolute atomic E-state index is 10.6. The van der Waals surface area contributed by atoms with Crippen LogP contribution in [0.2, 0.25) is 0 Å². The topological polar surface area (TPSA) is 69.2 Å². The van der Waals surface area contributed by atoms with Crippen LogP contribution in [0.1, 0.15) is 74.1 Å². The molecule has 0 aromatic heterocycles. The van der Waals surface area contributed by atoms with E-state index in [9.17, 15) is 15.3 Å². The minimum absolute atomic E-state index is 0.549. The van der Waals surface area contributed by atoms with Gasteiger partial charge < -0.3 is 15.3 Å². The maximum atomic E-state index is 10.6. The minimum atomic E-state index is -0.818. The molecule has 3 nitrogen and oxygen atoms in total. The van der Waals surface area contributed by atoms with E-state index in [0.29, 0.717) is 19.3 Å². The van der Waals surface area contributed by atoms with E-state index < -0.39 is 16.8 Å². The third-order valence-corrected chi connectivity index (χ3v) is 4.54. The molecule has 1 aliphatic rings. The second-order valence-electron chi connectivity index (χ2n) is 8.53. The van der Waals surface area contributed by atoms with Gasteiger partial charge in [-0.3, -0.25) is 0 Å². The van der Waals surface area contributed by atoms with E-state index in [1.165, 1.54) is 12.0 Å². The van der Waals surface area contributed by atoms with E-state index in [-0.39, 0.29) is 0 Å². The summed E-state index contributed by atoms with van der Waals surface area (Å²) in [6.07, 6.45) is 12.2. The fourth-order valence-electron chi connectivity index (χ4n) is 1.66. The van der Waals surface area contributed by atoms with E-state index in [4.69, 9.17) is 0 Å². The summed E-state index contributed by atoms with van der Waals surface area (Å²) < 4.78 is 1.60. The molecule has 0 radical (unpaired) electrons. The molecule has 0 saturated carbocycles. The third-order valence-electron chi connectivity index (χ3n) is 3.07. The zero-order chi connectivity index (χ0) is 23.0. The predicted octanol–water partition coefficient (Wildman–Crippen LogP) is 3.87. The van der Waals surface area contributed by atoms with Gasteiger partial charge in [0.15, 0.2) is 0 Å². The summed E-state index contributed by atoms with van der Waals surface area (Å²) in [7, 11) is 0. The monoisotopic (exact) mass is 466 g/mol. The molecular weight excluding hydrogens is 427 g/mol. The molecule has 0 fully saturated rings. The quantitative estimate of drug-likeness (QED) is 0.557. The molecule has 0 spiro atoms. The van der Waals surface area contributed by atoms with Gasteiger partial charge in [-0.05, 0) is 19.3 Å². The molecule has 0 bridgehead atoms. The van der Waals surface area contributed by atoms with Crippen molar-refractivity contribution in [2.45, 2.75) is 91.0 Å². The van der Waals surface area contributed by atoms with Crippen LogP contribution in [0.3, 0.4) is 0 Å². The summed E-state index contributed by atoms with van der Waals surface area (Å²) in [6, 6.07) is 0. The summed E-state index contributed by atoms with van der Waals surface area (Å²) in [5.41, 5.74) is -0.969. The van der Waals surface area contributed by atoms with Gasteiger partial charge >= 0.3 is 59.1 Å². The Bertz CT molecular complexity index is 448. The van der Waals surface area contributed by atoms with Crippen LogP contribution in [-0.4, -0.2) is 16.8 Å². The van der Waals surface area contributed by atoms with Crippen molar-refractivity contribution >= 4 is 0 Å².